The minimum Gasteiger partial charge on any atom is -0.382 e. The van der Waals surface area contributed by atoms with E-state index in [1.165, 1.54) is 0 Å². The molecule has 0 heterocycles. The molecule has 0 aromatic heterocycles. The fraction of sp³-hybridized carbons (Fsp3) is 0.462. The van der Waals surface area contributed by atoms with Gasteiger partial charge in [-0.05, 0) is 5.56 Å². The fourth-order valence-electron chi connectivity index (χ4n) is 1.41. The van der Waals surface area contributed by atoms with E-state index in [2.05, 4.69) is 5.32 Å². The second-order valence-electron chi connectivity index (χ2n) is 3.78. The predicted molar refractivity (Wildman–Crippen MR) is 69.1 cm³/mol. The average Bonchev–Trinajstić information content (AvgIpc) is 2.42. The summed E-state index contributed by atoms with van der Waals surface area (Å²) in [4.78, 5) is 11.7. The lowest BCUT2D eigenvalue weighted by atomic mass is 10.1. The monoisotopic (exact) mass is 252 g/mol. The molecule has 0 saturated heterocycles. The molecule has 0 radical (unpaired) electrons. The highest BCUT2D eigenvalue weighted by Crippen LogP contribution is 2.08. The first kappa shape index (κ1) is 14.6. The molecule has 0 fully saturated rings. The largest absolute Gasteiger partial charge is 0.382 e. The Bertz CT molecular complexity index is 343. The molecule has 0 aliphatic carbocycles. The summed E-state index contributed by atoms with van der Waals surface area (Å²) in [6, 6.07) is 8.63. The van der Waals surface area contributed by atoms with Gasteiger partial charge in [-0.25, -0.2) is 0 Å². The normalized spacial score (nSPS) is 12.1. The Labute approximate surface area is 107 Å². The minimum absolute atomic E-state index is 0.198. The van der Waals surface area contributed by atoms with Crippen LogP contribution in [0.3, 0.4) is 0 Å². The maximum Gasteiger partial charge on any atom is 0.241 e. The van der Waals surface area contributed by atoms with Crippen LogP contribution in [0.2, 0.25) is 0 Å². The second-order valence-corrected chi connectivity index (χ2v) is 3.78. The van der Waals surface area contributed by atoms with Gasteiger partial charge in [0, 0.05) is 13.7 Å². The van der Waals surface area contributed by atoms with Crippen molar-refractivity contribution in [3.63, 3.8) is 0 Å². The highest BCUT2D eigenvalue weighted by Gasteiger charge is 2.14. The van der Waals surface area contributed by atoms with Crippen LogP contribution in [0.25, 0.3) is 0 Å². The number of hydrogen-bond donors (Lipinski definition) is 2. The van der Waals surface area contributed by atoms with E-state index in [-0.39, 0.29) is 5.91 Å². The van der Waals surface area contributed by atoms with E-state index in [1.807, 2.05) is 30.3 Å². The topological polar surface area (TPSA) is 73.6 Å². The Morgan fingerprint density at radius 2 is 2.00 bits per heavy atom. The van der Waals surface area contributed by atoms with E-state index in [9.17, 15) is 4.79 Å². The van der Waals surface area contributed by atoms with Crippen molar-refractivity contribution < 1.29 is 14.3 Å². The number of rotatable bonds is 8. The van der Waals surface area contributed by atoms with E-state index < -0.39 is 6.04 Å². The quantitative estimate of drug-likeness (QED) is 0.659. The standard InChI is InChI=1S/C13H20N2O3/c1-17-9-10-18-8-7-15-13(16)12(14)11-5-3-2-4-6-11/h2-6,12H,7-10,14H2,1H3,(H,15,16)/t12-/m1/s1. The summed E-state index contributed by atoms with van der Waals surface area (Å²) in [5, 5.41) is 2.73. The number of carbonyl (C=O) groups excluding carboxylic acids is 1. The molecule has 1 aromatic carbocycles. The zero-order valence-electron chi connectivity index (χ0n) is 10.6. The van der Waals surface area contributed by atoms with Crippen molar-refractivity contribution in [2.24, 2.45) is 5.73 Å². The molecule has 0 bridgehead atoms. The Kier molecular flexibility index (Phi) is 7.01. The number of methoxy groups -OCH3 is 1. The van der Waals surface area contributed by atoms with Gasteiger partial charge in [0.25, 0.3) is 0 Å². The van der Waals surface area contributed by atoms with Crippen LogP contribution in [-0.2, 0) is 14.3 Å². The van der Waals surface area contributed by atoms with Gasteiger partial charge in [0.15, 0.2) is 0 Å². The van der Waals surface area contributed by atoms with E-state index >= 15 is 0 Å². The number of carbonyl (C=O) groups is 1. The summed E-state index contributed by atoms with van der Waals surface area (Å²) in [6.45, 7) is 1.98. The zero-order valence-corrected chi connectivity index (χ0v) is 10.6. The molecule has 1 aromatic rings. The first-order chi connectivity index (χ1) is 8.75. The Balaban J connectivity index is 2.20. The number of hydrogen-bond acceptors (Lipinski definition) is 4. The van der Waals surface area contributed by atoms with E-state index in [4.69, 9.17) is 15.2 Å². The summed E-state index contributed by atoms with van der Waals surface area (Å²) in [5.41, 5.74) is 6.63. The third-order valence-corrected chi connectivity index (χ3v) is 2.42. The van der Waals surface area contributed by atoms with Crippen molar-refractivity contribution >= 4 is 5.91 Å². The molecule has 5 heteroatoms. The van der Waals surface area contributed by atoms with E-state index in [1.54, 1.807) is 7.11 Å². The molecule has 5 nitrogen and oxygen atoms in total. The molecule has 0 spiro atoms. The molecular formula is C13H20N2O3. The molecule has 3 N–H and O–H groups in total. The molecular weight excluding hydrogens is 232 g/mol. The lowest BCUT2D eigenvalue weighted by Gasteiger charge is -2.12. The van der Waals surface area contributed by atoms with Crippen LogP contribution in [0, 0.1) is 0 Å². The van der Waals surface area contributed by atoms with Gasteiger partial charge in [-0.2, -0.15) is 0 Å². The van der Waals surface area contributed by atoms with Crippen molar-refractivity contribution in [3.05, 3.63) is 35.9 Å². The van der Waals surface area contributed by atoms with Crippen LogP contribution >= 0.6 is 0 Å². The highest BCUT2D eigenvalue weighted by molar-refractivity contribution is 5.82. The van der Waals surface area contributed by atoms with Gasteiger partial charge in [-0.15, -0.1) is 0 Å². The van der Waals surface area contributed by atoms with Crippen molar-refractivity contribution in [1.82, 2.24) is 5.32 Å². The molecule has 18 heavy (non-hydrogen) atoms. The number of nitrogens with one attached hydrogen (secondary N) is 1. The Morgan fingerprint density at radius 3 is 2.67 bits per heavy atom. The van der Waals surface area contributed by atoms with Gasteiger partial charge in [0.05, 0.1) is 19.8 Å². The van der Waals surface area contributed by atoms with Gasteiger partial charge in [0.1, 0.15) is 6.04 Å². The lowest BCUT2D eigenvalue weighted by Crippen LogP contribution is -2.36. The molecule has 0 unspecified atom stereocenters. The third kappa shape index (κ3) is 5.27. The SMILES string of the molecule is COCCOCCNC(=O)[C@H](N)c1ccccc1. The Morgan fingerprint density at radius 1 is 1.28 bits per heavy atom. The number of amides is 1. The van der Waals surface area contributed by atoms with Crippen LogP contribution in [0.1, 0.15) is 11.6 Å². The van der Waals surface area contributed by atoms with Gasteiger partial charge in [-0.1, -0.05) is 30.3 Å². The maximum atomic E-state index is 11.7. The smallest absolute Gasteiger partial charge is 0.241 e. The van der Waals surface area contributed by atoms with Gasteiger partial charge >= 0.3 is 0 Å². The molecule has 1 amide bonds. The minimum atomic E-state index is -0.634. The molecule has 100 valence electrons. The summed E-state index contributed by atoms with van der Waals surface area (Å²) in [6.07, 6.45) is 0. The second kappa shape index (κ2) is 8.63. The number of ether oxygens (including phenoxy) is 2. The van der Waals surface area contributed by atoms with Crippen LogP contribution in [0.5, 0.6) is 0 Å². The Hall–Kier alpha value is -1.43. The van der Waals surface area contributed by atoms with Crippen molar-refractivity contribution in [2.75, 3.05) is 33.5 Å². The summed E-state index contributed by atoms with van der Waals surface area (Å²) in [5.74, 6) is -0.198. The molecule has 0 aliphatic heterocycles. The lowest BCUT2D eigenvalue weighted by molar-refractivity contribution is -0.122. The van der Waals surface area contributed by atoms with Crippen LogP contribution in [0.15, 0.2) is 30.3 Å². The fourth-order valence-corrected chi connectivity index (χ4v) is 1.41. The predicted octanol–water partition coefficient (Wildman–Crippen LogP) is 0.466. The van der Waals surface area contributed by atoms with Crippen molar-refractivity contribution in [1.29, 1.82) is 0 Å². The van der Waals surface area contributed by atoms with Crippen LogP contribution in [-0.4, -0.2) is 39.4 Å². The highest BCUT2D eigenvalue weighted by atomic mass is 16.5. The van der Waals surface area contributed by atoms with Crippen LogP contribution < -0.4 is 11.1 Å². The van der Waals surface area contributed by atoms with Crippen LogP contribution in [0.4, 0.5) is 0 Å². The molecule has 1 atom stereocenters. The third-order valence-electron chi connectivity index (χ3n) is 2.42. The first-order valence-corrected chi connectivity index (χ1v) is 5.90. The van der Waals surface area contributed by atoms with Crippen molar-refractivity contribution in [2.45, 2.75) is 6.04 Å². The van der Waals surface area contributed by atoms with Gasteiger partial charge < -0.3 is 20.5 Å². The summed E-state index contributed by atoms with van der Waals surface area (Å²) >= 11 is 0. The summed E-state index contributed by atoms with van der Waals surface area (Å²) < 4.78 is 10.1. The van der Waals surface area contributed by atoms with E-state index in [0.29, 0.717) is 26.4 Å². The molecule has 0 saturated carbocycles. The maximum absolute atomic E-state index is 11.7. The summed E-state index contributed by atoms with van der Waals surface area (Å²) in [7, 11) is 1.62. The van der Waals surface area contributed by atoms with Crippen molar-refractivity contribution in [3.8, 4) is 0 Å². The number of nitrogens with two attached hydrogens (primary N) is 1. The molecule has 1 rings (SSSR count). The zero-order chi connectivity index (χ0) is 13.2. The average molecular weight is 252 g/mol. The van der Waals surface area contributed by atoms with Gasteiger partial charge in [-0.3, -0.25) is 4.79 Å². The van der Waals surface area contributed by atoms with E-state index in [0.717, 1.165) is 5.56 Å². The first-order valence-electron chi connectivity index (χ1n) is 5.90. The number of benzene rings is 1. The van der Waals surface area contributed by atoms with Gasteiger partial charge in [0.2, 0.25) is 5.91 Å². The molecule has 0 aliphatic rings.